The lowest BCUT2D eigenvalue weighted by Crippen LogP contribution is -2.38. The predicted octanol–water partition coefficient (Wildman–Crippen LogP) is 3.72. The lowest BCUT2D eigenvalue weighted by molar-refractivity contribution is -0.122. The number of carbonyl (C=O) groups excluding carboxylic acids is 3. The van der Waals surface area contributed by atoms with Crippen molar-refractivity contribution < 1.29 is 14.4 Å². The molecule has 0 spiro atoms. The molecule has 3 amide bonds. The van der Waals surface area contributed by atoms with Gasteiger partial charge in [0.15, 0.2) is 0 Å². The van der Waals surface area contributed by atoms with Gasteiger partial charge in [0.05, 0.1) is 16.2 Å². The van der Waals surface area contributed by atoms with Crippen LogP contribution in [0.4, 0.5) is 5.69 Å². The smallest absolute Gasteiger partial charge is 0.267 e. The Hall–Kier alpha value is -2.97. The molecule has 0 unspecified atom stereocenters. The predicted molar refractivity (Wildman–Crippen MR) is 131 cm³/mol. The van der Waals surface area contributed by atoms with Crippen molar-refractivity contribution >= 4 is 57.3 Å². The van der Waals surface area contributed by atoms with Gasteiger partial charge in [0, 0.05) is 18.7 Å². The second-order valence-electron chi connectivity index (χ2n) is 7.55. The van der Waals surface area contributed by atoms with Crippen LogP contribution >= 0.6 is 24.0 Å². The summed E-state index contributed by atoms with van der Waals surface area (Å²) >= 11 is 6.57. The maximum absolute atomic E-state index is 13.4. The van der Waals surface area contributed by atoms with Crippen molar-refractivity contribution in [3.05, 3.63) is 70.6 Å². The van der Waals surface area contributed by atoms with Crippen molar-refractivity contribution in [3.63, 3.8) is 0 Å². The Balaban J connectivity index is 1.57. The molecule has 2 aromatic rings. The van der Waals surface area contributed by atoms with Crippen molar-refractivity contribution in [1.82, 2.24) is 10.2 Å². The number of amides is 3. The monoisotopic (exact) mass is 465 g/mol. The first-order valence-electron chi connectivity index (χ1n) is 10.5. The number of thiocarbonyl (C=S) groups is 1. The molecule has 0 saturated carbocycles. The largest absolute Gasteiger partial charge is 0.350 e. The minimum absolute atomic E-state index is 0.123. The Morgan fingerprint density at radius 2 is 1.72 bits per heavy atom. The first-order chi connectivity index (χ1) is 15.5. The molecule has 2 heterocycles. The zero-order valence-corrected chi connectivity index (χ0v) is 19.3. The molecular formula is C24H23N3O3S2. The van der Waals surface area contributed by atoms with Crippen molar-refractivity contribution in [1.29, 1.82) is 0 Å². The number of nitrogens with one attached hydrogen (secondary N) is 1. The average molecular weight is 466 g/mol. The number of para-hydroxylation sites is 1. The van der Waals surface area contributed by atoms with Gasteiger partial charge in [0.25, 0.3) is 11.8 Å². The van der Waals surface area contributed by atoms with E-state index in [0.29, 0.717) is 39.1 Å². The normalized spacial score (nSPS) is 17.8. The van der Waals surface area contributed by atoms with Crippen molar-refractivity contribution in [2.75, 3.05) is 18.0 Å². The molecule has 1 fully saturated rings. The van der Waals surface area contributed by atoms with Crippen LogP contribution in [0.2, 0.25) is 0 Å². The van der Waals surface area contributed by atoms with Gasteiger partial charge in [-0.15, -0.1) is 0 Å². The molecule has 1 saturated heterocycles. The molecule has 0 aromatic heterocycles. The third-order valence-corrected chi connectivity index (χ3v) is 6.82. The van der Waals surface area contributed by atoms with E-state index in [2.05, 4.69) is 5.32 Å². The zero-order valence-electron chi connectivity index (χ0n) is 17.7. The summed E-state index contributed by atoms with van der Waals surface area (Å²) in [5, 5.41) is 2.86. The Labute approximate surface area is 196 Å². The minimum atomic E-state index is -0.350. The van der Waals surface area contributed by atoms with Gasteiger partial charge in [-0.25, -0.2) is 0 Å². The number of anilines is 1. The summed E-state index contributed by atoms with van der Waals surface area (Å²) in [6.07, 6.45) is 1.78. The molecule has 0 bridgehead atoms. The second kappa shape index (κ2) is 9.67. The van der Waals surface area contributed by atoms with Gasteiger partial charge in [-0.2, -0.15) is 0 Å². The first-order valence-corrected chi connectivity index (χ1v) is 11.7. The molecule has 164 valence electrons. The molecule has 8 heteroatoms. The summed E-state index contributed by atoms with van der Waals surface area (Å²) in [5.41, 5.74) is 2.59. The zero-order chi connectivity index (χ0) is 22.7. The molecule has 2 aliphatic heterocycles. The highest BCUT2D eigenvalue weighted by atomic mass is 32.2. The van der Waals surface area contributed by atoms with Gasteiger partial charge in [-0.05, 0) is 18.1 Å². The number of fused-ring (bicyclic) bond motifs is 1. The number of rotatable bonds is 7. The average Bonchev–Trinajstić information content (AvgIpc) is 3.23. The van der Waals surface area contributed by atoms with Crippen LogP contribution in [-0.2, 0) is 20.9 Å². The maximum Gasteiger partial charge on any atom is 0.267 e. The second-order valence-corrected chi connectivity index (χ2v) is 9.20. The number of hydrogen-bond donors (Lipinski definition) is 1. The highest BCUT2D eigenvalue weighted by Crippen LogP contribution is 2.44. The molecule has 1 N–H and O–H groups in total. The summed E-state index contributed by atoms with van der Waals surface area (Å²) < 4.78 is 0.468. The van der Waals surface area contributed by atoms with Crippen LogP contribution in [0, 0.1) is 0 Å². The van der Waals surface area contributed by atoms with E-state index in [1.165, 1.54) is 4.90 Å². The molecule has 0 radical (unpaired) electrons. The summed E-state index contributed by atoms with van der Waals surface area (Å²) in [7, 11) is 0. The van der Waals surface area contributed by atoms with Crippen LogP contribution in [0.1, 0.15) is 30.9 Å². The number of unbranched alkanes of at least 4 members (excludes halogenated alkanes) is 1. The van der Waals surface area contributed by atoms with Gasteiger partial charge in [0.1, 0.15) is 10.9 Å². The lowest BCUT2D eigenvalue weighted by atomic mass is 10.1. The Bertz CT molecular complexity index is 1110. The van der Waals surface area contributed by atoms with Crippen LogP contribution in [0.25, 0.3) is 5.57 Å². The van der Waals surface area contributed by atoms with E-state index in [0.717, 1.165) is 30.2 Å². The SMILES string of the molecule is CCCCN1C(=O)/C(=C2\C(=O)N(CC(=O)NCc3ccccc3)c3ccccc32)SC1=S. The standard InChI is InChI=1S/C24H23N3O3S2/c1-2-3-13-26-23(30)21(32-24(26)31)20-17-11-7-8-12-18(17)27(22(20)29)15-19(28)25-14-16-9-5-4-6-10-16/h4-12H,2-3,13-15H2,1H3,(H,25,28)/b21-20+. The topological polar surface area (TPSA) is 69.7 Å². The van der Waals surface area contributed by atoms with Gasteiger partial charge in [-0.1, -0.05) is 85.9 Å². The van der Waals surface area contributed by atoms with Crippen molar-refractivity contribution in [3.8, 4) is 0 Å². The van der Waals surface area contributed by atoms with E-state index in [1.807, 2.05) is 55.5 Å². The maximum atomic E-state index is 13.4. The number of nitrogens with zero attached hydrogens (tertiary/aromatic N) is 2. The van der Waals surface area contributed by atoms with E-state index < -0.39 is 0 Å². The Kier molecular flexibility index (Phi) is 6.72. The van der Waals surface area contributed by atoms with Crippen LogP contribution < -0.4 is 10.2 Å². The number of thioether (sulfide) groups is 1. The van der Waals surface area contributed by atoms with E-state index in [1.54, 1.807) is 11.0 Å². The van der Waals surface area contributed by atoms with E-state index in [9.17, 15) is 14.4 Å². The van der Waals surface area contributed by atoms with Crippen LogP contribution in [0.15, 0.2) is 59.5 Å². The number of benzene rings is 2. The fraction of sp³-hybridized carbons (Fsp3) is 0.250. The molecule has 2 aromatic carbocycles. The van der Waals surface area contributed by atoms with Gasteiger partial charge >= 0.3 is 0 Å². The summed E-state index contributed by atoms with van der Waals surface area (Å²) in [4.78, 5) is 42.4. The molecule has 0 aliphatic carbocycles. The fourth-order valence-electron chi connectivity index (χ4n) is 3.71. The van der Waals surface area contributed by atoms with E-state index >= 15 is 0 Å². The summed E-state index contributed by atoms with van der Waals surface area (Å²) in [6.45, 7) is 2.85. The third kappa shape index (κ3) is 4.33. The Morgan fingerprint density at radius 3 is 2.47 bits per heavy atom. The van der Waals surface area contributed by atoms with Crippen LogP contribution in [-0.4, -0.2) is 40.0 Å². The van der Waals surface area contributed by atoms with E-state index in [-0.39, 0.29) is 24.3 Å². The van der Waals surface area contributed by atoms with Crippen molar-refractivity contribution in [2.45, 2.75) is 26.3 Å². The molecule has 32 heavy (non-hydrogen) atoms. The van der Waals surface area contributed by atoms with Crippen LogP contribution in [0.5, 0.6) is 0 Å². The molecule has 4 rings (SSSR count). The molecule has 6 nitrogen and oxygen atoms in total. The summed E-state index contributed by atoms with van der Waals surface area (Å²) in [6, 6.07) is 16.8. The van der Waals surface area contributed by atoms with Gasteiger partial charge in [-0.3, -0.25) is 24.2 Å². The van der Waals surface area contributed by atoms with E-state index in [4.69, 9.17) is 12.2 Å². The minimum Gasteiger partial charge on any atom is -0.350 e. The fourth-order valence-corrected chi connectivity index (χ4v) is 5.09. The molecule has 2 aliphatic rings. The third-order valence-electron chi connectivity index (χ3n) is 5.37. The molecular weight excluding hydrogens is 442 g/mol. The van der Waals surface area contributed by atoms with Crippen LogP contribution in [0.3, 0.4) is 0 Å². The van der Waals surface area contributed by atoms with Gasteiger partial charge in [0.2, 0.25) is 5.91 Å². The van der Waals surface area contributed by atoms with Crippen molar-refractivity contribution in [2.24, 2.45) is 0 Å². The number of carbonyl (C=O) groups is 3. The first kappa shape index (κ1) is 22.2. The number of hydrogen-bond acceptors (Lipinski definition) is 5. The highest BCUT2D eigenvalue weighted by Gasteiger charge is 2.42. The van der Waals surface area contributed by atoms with Gasteiger partial charge < -0.3 is 5.32 Å². The lowest BCUT2D eigenvalue weighted by Gasteiger charge is -2.17. The quantitative estimate of drug-likeness (QED) is 0.499. The summed E-state index contributed by atoms with van der Waals surface area (Å²) in [5.74, 6) is -0.854. The molecule has 0 atom stereocenters. The Morgan fingerprint density at radius 1 is 1.00 bits per heavy atom. The highest BCUT2D eigenvalue weighted by molar-refractivity contribution is 8.26.